The molecule has 2 aliphatic rings. The standard InChI is InChI=1S/C26H31Cl2N7O2/c1-33-7-9-34(10-8-33)26(37)22-14-31-25-21(4-5-29-25)24(22)32-19-3-2-6-35(16-19)23(36)15-30-20-12-17(27)11-18(28)13-20/h4-5,11-14,19,30H,2-3,6-10,15-16H2,1H3,(H2,29,31,32)/t19-/m0/s1. The number of H-pyrrole nitrogens is 1. The molecule has 3 aromatic rings. The van der Waals surface area contributed by atoms with E-state index in [1.165, 1.54) is 0 Å². The molecule has 9 nitrogen and oxygen atoms in total. The van der Waals surface area contributed by atoms with Gasteiger partial charge in [-0.3, -0.25) is 9.59 Å². The first-order valence-electron chi connectivity index (χ1n) is 12.6. The summed E-state index contributed by atoms with van der Waals surface area (Å²) in [5, 5.41) is 8.64. The Labute approximate surface area is 226 Å². The first kappa shape index (κ1) is 25.6. The molecule has 0 spiro atoms. The minimum atomic E-state index is -0.0145. The number of anilines is 2. The van der Waals surface area contributed by atoms with Crippen molar-refractivity contribution in [3.05, 3.63) is 52.3 Å². The van der Waals surface area contributed by atoms with Crippen LogP contribution in [0.3, 0.4) is 0 Å². The Morgan fingerprint density at radius 2 is 1.84 bits per heavy atom. The van der Waals surface area contributed by atoms with Crippen molar-refractivity contribution in [2.45, 2.75) is 18.9 Å². The molecule has 5 rings (SSSR count). The number of piperazine rings is 1. The largest absolute Gasteiger partial charge is 0.379 e. The first-order valence-corrected chi connectivity index (χ1v) is 13.3. The summed E-state index contributed by atoms with van der Waals surface area (Å²) in [4.78, 5) is 40.1. The van der Waals surface area contributed by atoms with E-state index in [4.69, 9.17) is 23.2 Å². The van der Waals surface area contributed by atoms with Gasteiger partial charge in [-0.1, -0.05) is 23.2 Å². The number of fused-ring (bicyclic) bond motifs is 1. The van der Waals surface area contributed by atoms with Crippen molar-refractivity contribution >= 4 is 57.4 Å². The van der Waals surface area contributed by atoms with E-state index < -0.39 is 0 Å². The number of amides is 2. The highest BCUT2D eigenvalue weighted by atomic mass is 35.5. The predicted octanol–water partition coefficient (Wildman–Crippen LogP) is 3.77. The summed E-state index contributed by atoms with van der Waals surface area (Å²) in [5.74, 6) is -0.0165. The van der Waals surface area contributed by atoms with Crippen LogP contribution < -0.4 is 10.6 Å². The van der Waals surface area contributed by atoms with Crippen molar-refractivity contribution in [1.82, 2.24) is 24.7 Å². The summed E-state index contributed by atoms with van der Waals surface area (Å²) in [7, 11) is 2.07. The molecule has 0 aliphatic carbocycles. The summed E-state index contributed by atoms with van der Waals surface area (Å²) >= 11 is 12.1. The number of hydrogen-bond acceptors (Lipinski definition) is 6. The Bertz CT molecular complexity index is 1270. The van der Waals surface area contributed by atoms with E-state index in [1.54, 1.807) is 24.4 Å². The molecule has 1 atom stereocenters. The number of halogens is 2. The van der Waals surface area contributed by atoms with Crippen LogP contribution in [0, 0.1) is 0 Å². The lowest BCUT2D eigenvalue weighted by Crippen LogP contribution is -2.48. The molecule has 196 valence electrons. The lowest BCUT2D eigenvalue weighted by molar-refractivity contribution is -0.130. The molecule has 4 heterocycles. The molecule has 37 heavy (non-hydrogen) atoms. The summed E-state index contributed by atoms with van der Waals surface area (Å²) in [6.07, 6.45) is 5.26. The van der Waals surface area contributed by atoms with Crippen LogP contribution >= 0.6 is 23.2 Å². The van der Waals surface area contributed by atoms with Gasteiger partial charge < -0.3 is 30.3 Å². The molecule has 0 saturated carbocycles. The molecule has 2 aliphatic heterocycles. The van der Waals surface area contributed by atoms with Gasteiger partial charge in [0.1, 0.15) is 5.65 Å². The van der Waals surface area contributed by atoms with Crippen LogP contribution in [0.2, 0.25) is 10.0 Å². The van der Waals surface area contributed by atoms with E-state index in [0.717, 1.165) is 42.7 Å². The Morgan fingerprint density at radius 3 is 2.59 bits per heavy atom. The van der Waals surface area contributed by atoms with Crippen molar-refractivity contribution in [2.24, 2.45) is 0 Å². The Morgan fingerprint density at radius 1 is 1.08 bits per heavy atom. The van der Waals surface area contributed by atoms with Gasteiger partial charge in [-0.25, -0.2) is 4.98 Å². The van der Waals surface area contributed by atoms with Crippen LogP contribution in [0.15, 0.2) is 36.7 Å². The topological polar surface area (TPSA) is 96.6 Å². The number of aromatic amines is 1. The van der Waals surface area contributed by atoms with E-state index in [2.05, 4.69) is 32.5 Å². The number of carbonyl (C=O) groups excluding carboxylic acids is 2. The number of piperidine rings is 1. The van der Waals surface area contributed by atoms with Gasteiger partial charge in [-0.15, -0.1) is 0 Å². The molecule has 3 N–H and O–H groups in total. The molecule has 2 aromatic heterocycles. The van der Waals surface area contributed by atoms with Crippen molar-refractivity contribution in [3.63, 3.8) is 0 Å². The fraction of sp³-hybridized carbons (Fsp3) is 0.423. The number of nitrogens with zero attached hydrogens (tertiary/aromatic N) is 4. The maximum absolute atomic E-state index is 13.5. The van der Waals surface area contributed by atoms with Crippen LogP contribution in [-0.2, 0) is 4.79 Å². The van der Waals surface area contributed by atoms with Gasteiger partial charge in [-0.05, 0) is 44.2 Å². The molecule has 2 amide bonds. The summed E-state index contributed by atoms with van der Waals surface area (Å²) in [5.41, 5.74) is 2.78. The number of benzene rings is 1. The molecule has 1 aromatic carbocycles. The normalized spacial score (nSPS) is 18.7. The molecule has 11 heteroatoms. The zero-order chi connectivity index (χ0) is 25.9. The monoisotopic (exact) mass is 543 g/mol. The second-order valence-electron chi connectivity index (χ2n) is 9.72. The second-order valence-corrected chi connectivity index (χ2v) is 10.6. The fourth-order valence-electron chi connectivity index (χ4n) is 4.98. The van der Waals surface area contributed by atoms with E-state index >= 15 is 0 Å². The Balaban J connectivity index is 1.29. The van der Waals surface area contributed by atoms with Crippen molar-refractivity contribution in [3.8, 4) is 0 Å². The van der Waals surface area contributed by atoms with Gasteiger partial charge in [0.25, 0.3) is 5.91 Å². The number of likely N-dealkylation sites (N-methyl/N-ethyl adjacent to an activating group) is 1. The van der Waals surface area contributed by atoms with Gasteiger partial charge in [0.15, 0.2) is 0 Å². The van der Waals surface area contributed by atoms with E-state index in [9.17, 15) is 9.59 Å². The third-order valence-corrected chi connectivity index (χ3v) is 7.47. The van der Waals surface area contributed by atoms with E-state index in [-0.39, 0.29) is 24.4 Å². The predicted molar refractivity (Wildman–Crippen MR) is 148 cm³/mol. The highest BCUT2D eigenvalue weighted by Gasteiger charge is 2.28. The average molecular weight is 544 g/mol. The lowest BCUT2D eigenvalue weighted by Gasteiger charge is -2.35. The minimum absolute atomic E-state index is 0.00199. The minimum Gasteiger partial charge on any atom is -0.379 e. The molecule has 0 unspecified atom stereocenters. The van der Waals surface area contributed by atoms with Crippen molar-refractivity contribution in [2.75, 3.05) is 63.5 Å². The average Bonchev–Trinajstić information content (AvgIpc) is 3.37. The maximum Gasteiger partial charge on any atom is 0.257 e. The number of rotatable bonds is 6. The molecule has 0 bridgehead atoms. The van der Waals surface area contributed by atoms with E-state index in [1.807, 2.05) is 22.1 Å². The van der Waals surface area contributed by atoms with Gasteiger partial charge >= 0.3 is 0 Å². The third kappa shape index (κ3) is 5.95. The van der Waals surface area contributed by atoms with Gasteiger partial charge in [0.2, 0.25) is 5.91 Å². The van der Waals surface area contributed by atoms with Crippen molar-refractivity contribution in [1.29, 1.82) is 0 Å². The van der Waals surface area contributed by atoms with Crippen LogP contribution in [0.1, 0.15) is 23.2 Å². The van der Waals surface area contributed by atoms with Crippen molar-refractivity contribution < 1.29 is 9.59 Å². The summed E-state index contributed by atoms with van der Waals surface area (Å²) in [6.45, 7) is 4.47. The molecular weight excluding hydrogens is 513 g/mol. The van der Waals surface area contributed by atoms with Crippen LogP contribution in [-0.4, -0.2) is 95.4 Å². The number of pyridine rings is 1. The lowest BCUT2D eigenvalue weighted by atomic mass is 10.0. The van der Waals surface area contributed by atoms with Crippen LogP contribution in [0.25, 0.3) is 11.0 Å². The Kier molecular flexibility index (Phi) is 7.73. The Hall–Kier alpha value is -3.01. The molecule has 2 fully saturated rings. The van der Waals surface area contributed by atoms with Crippen LogP contribution in [0.5, 0.6) is 0 Å². The quantitative estimate of drug-likeness (QED) is 0.438. The molecule has 0 radical (unpaired) electrons. The zero-order valence-corrected chi connectivity index (χ0v) is 22.3. The number of aromatic nitrogens is 2. The van der Waals surface area contributed by atoms with Gasteiger partial charge in [0, 0.05) is 78.8 Å². The summed E-state index contributed by atoms with van der Waals surface area (Å²) in [6, 6.07) is 7.09. The number of carbonyl (C=O) groups is 2. The number of nitrogens with one attached hydrogen (secondary N) is 3. The maximum atomic E-state index is 13.5. The number of hydrogen-bond donors (Lipinski definition) is 3. The fourth-order valence-corrected chi connectivity index (χ4v) is 5.50. The van der Waals surface area contributed by atoms with Gasteiger partial charge in [-0.2, -0.15) is 0 Å². The van der Waals surface area contributed by atoms with E-state index in [0.29, 0.717) is 47.5 Å². The highest BCUT2D eigenvalue weighted by molar-refractivity contribution is 6.35. The molecule has 2 saturated heterocycles. The second kappa shape index (κ2) is 11.2. The highest BCUT2D eigenvalue weighted by Crippen LogP contribution is 2.29. The SMILES string of the molecule is CN1CCN(C(=O)c2cnc3[nH]ccc3c2N[C@H]2CCCN(C(=O)CNc3cc(Cl)cc(Cl)c3)C2)CC1. The first-order chi connectivity index (χ1) is 17.9. The number of likely N-dealkylation sites (tertiary alicyclic amines) is 1. The third-order valence-electron chi connectivity index (χ3n) is 7.04. The van der Waals surface area contributed by atoms with Crippen LogP contribution in [0.4, 0.5) is 11.4 Å². The smallest absolute Gasteiger partial charge is 0.257 e. The van der Waals surface area contributed by atoms with Gasteiger partial charge in [0.05, 0.1) is 17.8 Å². The summed E-state index contributed by atoms with van der Waals surface area (Å²) < 4.78 is 0. The molecular formula is C26H31Cl2N7O2. The zero-order valence-electron chi connectivity index (χ0n) is 20.8.